The van der Waals surface area contributed by atoms with E-state index in [4.69, 9.17) is 0 Å². The highest BCUT2D eigenvalue weighted by atomic mass is 79.9. The minimum Gasteiger partial charge on any atom is -0.333 e. The summed E-state index contributed by atoms with van der Waals surface area (Å²) in [5, 5.41) is 3.26. The highest BCUT2D eigenvalue weighted by Gasteiger charge is 2.24. The van der Waals surface area contributed by atoms with E-state index in [9.17, 15) is 4.79 Å². The van der Waals surface area contributed by atoms with Crippen LogP contribution in [0.2, 0.25) is 0 Å². The Labute approximate surface area is 127 Å². The summed E-state index contributed by atoms with van der Waals surface area (Å²) in [5.74, 6) is 0.0581. The Morgan fingerprint density at radius 3 is 2.83 bits per heavy atom. The summed E-state index contributed by atoms with van der Waals surface area (Å²) < 4.78 is 0.834. The molecule has 7 heteroatoms. The number of pyridine rings is 1. The third-order valence-electron chi connectivity index (χ3n) is 2.71. The van der Waals surface area contributed by atoms with E-state index in [1.165, 1.54) is 0 Å². The van der Waals surface area contributed by atoms with Crippen LogP contribution < -0.4 is 5.32 Å². The van der Waals surface area contributed by atoms with Crippen molar-refractivity contribution in [2.45, 2.75) is 13.0 Å². The van der Waals surface area contributed by atoms with E-state index in [1.807, 2.05) is 11.0 Å². The van der Waals surface area contributed by atoms with Crippen LogP contribution in [-0.4, -0.2) is 41.5 Å². The molecule has 2 rings (SSSR count). The molecule has 1 aromatic rings. The predicted octanol–water partition coefficient (Wildman–Crippen LogP) is 2.12. The second-order valence-corrected chi connectivity index (χ2v) is 4.86. The molecule has 1 aliphatic heterocycles. The predicted molar refractivity (Wildman–Crippen MR) is 79.8 cm³/mol. The lowest BCUT2D eigenvalue weighted by atomic mass is 10.1. The Morgan fingerprint density at radius 2 is 2.22 bits per heavy atom. The van der Waals surface area contributed by atoms with Gasteiger partial charge in [0.2, 0.25) is 0 Å². The first-order valence-electron chi connectivity index (χ1n) is 5.30. The van der Waals surface area contributed by atoms with Gasteiger partial charge in [-0.15, -0.1) is 24.8 Å². The zero-order valence-electron chi connectivity index (χ0n) is 9.93. The molecule has 1 aliphatic rings. The van der Waals surface area contributed by atoms with Gasteiger partial charge in [-0.1, -0.05) is 0 Å². The number of carbonyl (C=O) groups is 1. The third-order valence-corrected chi connectivity index (χ3v) is 3.15. The van der Waals surface area contributed by atoms with Gasteiger partial charge in [-0.25, -0.2) is 0 Å². The first kappa shape index (κ1) is 17.6. The first-order valence-corrected chi connectivity index (χ1v) is 6.10. The van der Waals surface area contributed by atoms with Crippen LogP contribution in [0.4, 0.5) is 0 Å². The van der Waals surface area contributed by atoms with Gasteiger partial charge in [0.1, 0.15) is 0 Å². The average molecular weight is 357 g/mol. The quantitative estimate of drug-likeness (QED) is 0.838. The van der Waals surface area contributed by atoms with Gasteiger partial charge in [-0.05, 0) is 28.9 Å². The molecule has 1 atom stereocenters. The molecule has 1 amide bonds. The highest BCUT2D eigenvalue weighted by Crippen LogP contribution is 2.14. The molecular formula is C11H16BrCl2N3O. The molecule has 0 saturated carbocycles. The van der Waals surface area contributed by atoms with Crippen LogP contribution in [0, 0.1) is 0 Å². The van der Waals surface area contributed by atoms with Crippen molar-refractivity contribution < 1.29 is 4.79 Å². The number of hydrogen-bond donors (Lipinski definition) is 1. The lowest BCUT2D eigenvalue weighted by molar-refractivity contribution is 0.0655. The van der Waals surface area contributed by atoms with Crippen molar-refractivity contribution in [3.05, 3.63) is 28.5 Å². The summed E-state index contributed by atoms with van der Waals surface area (Å²) in [6, 6.07) is 2.05. The Morgan fingerprint density at radius 1 is 1.50 bits per heavy atom. The van der Waals surface area contributed by atoms with Gasteiger partial charge in [0.15, 0.2) is 0 Å². The number of nitrogens with one attached hydrogen (secondary N) is 1. The molecule has 1 aromatic heterocycles. The first-order chi connectivity index (χ1) is 7.68. The molecule has 1 fully saturated rings. The minimum absolute atomic E-state index is 0. The van der Waals surface area contributed by atoms with E-state index in [1.54, 1.807) is 12.4 Å². The summed E-state index contributed by atoms with van der Waals surface area (Å²) in [4.78, 5) is 18.1. The fraction of sp³-hybridized carbons (Fsp3) is 0.455. The molecule has 4 nitrogen and oxygen atoms in total. The number of carbonyl (C=O) groups excluding carboxylic acids is 1. The maximum atomic E-state index is 12.2. The van der Waals surface area contributed by atoms with Crippen LogP contribution in [0.3, 0.4) is 0 Å². The Balaban J connectivity index is 0.00000144. The van der Waals surface area contributed by atoms with Crippen molar-refractivity contribution in [2.75, 3.05) is 19.6 Å². The van der Waals surface area contributed by atoms with E-state index in [-0.39, 0.29) is 36.8 Å². The maximum absolute atomic E-state index is 12.2. The average Bonchev–Trinajstić information content (AvgIpc) is 2.29. The fourth-order valence-corrected chi connectivity index (χ4v) is 2.20. The minimum atomic E-state index is 0. The van der Waals surface area contributed by atoms with Crippen LogP contribution in [-0.2, 0) is 0 Å². The number of amides is 1. The van der Waals surface area contributed by atoms with Crippen LogP contribution in [0.25, 0.3) is 0 Å². The van der Waals surface area contributed by atoms with Gasteiger partial charge < -0.3 is 10.2 Å². The summed E-state index contributed by atoms with van der Waals surface area (Å²) in [6.45, 7) is 4.52. The van der Waals surface area contributed by atoms with Gasteiger partial charge in [0.05, 0.1) is 5.56 Å². The second-order valence-electron chi connectivity index (χ2n) is 3.94. The van der Waals surface area contributed by atoms with Gasteiger partial charge in [0, 0.05) is 42.5 Å². The van der Waals surface area contributed by atoms with Crippen molar-refractivity contribution in [1.29, 1.82) is 0 Å². The number of hydrogen-bond acceptors (Lipinski definition) is 3. The van der Waals surface area contributed by atoms with Crippen molar-refractivity contribution in [2.24, 2.45) is 0 Å². The Kier molecular flexibility index (Phi) is 7.78. The summed E-state index contributed by atoms with van der Waals surface area (Å²) in [5.41, 5.74) is 0.642. The number of rotatable bonds is 1. The monoisotopic (exact) mass is 355 g/mol. The summed E-state index contributed by atoms with van der Waals surface area (Å²) in [6.07, 6.45) is 3.29. The fourth-order valence-electron chi connectivity index (χ4n) is 1.84. The van der Waals surface area contributed by atoms with Crippen LogP contribution in [0.1, 0.15) is 17.3 Å². The molecule has 1 N–H and O–H groups in total. The van der Waals surface area contributed by atoms with Crippen molar-refractivity contribution >= 4 is 46.7 Å². The smallest absolute Gasteiger partial charge is 0.255 e. The van der Waals surface area contributed by atoms with Crippen LogP contribution in [0.15, 0.2) is 22.9 Å². The molecule has 102 valence electrons. The molecule has 0 spiro atoms. The van der Waals surface area contributed by atoms with E-state index in [2.05, 4.69) is 33.2 Å². The SMILES string of the molecule is C[C@@H]1CNCCN1C(=O)c1cncc(Br)c1.Cl.Cl. The van der Waals surface area contributed by atoms with Crippen LogP contribution >= 0.6 is 40.7 Å². The van der Waals surface area contributed by atoms with E-state index >= 15 is 0 Å². The van der Waals surface area contributed by atoms with Crippen molar-refractivity contribution in [3.63, 3.8) is 0 Å². The number of piperazine rings is 1. The van der Waals surface area contributed by atoms with Gasteiger partial charge >= 0.3 is 0 Å². The molecule has 0 aromatic carbocycles. The Bertz CT molecular complexity index is 406. The summed E-state index contributed by atoms with van der Waals surface area (Å²) >= 11 is 3.32. The van der Waals surface area contributed by atoms with Crippen LogP contribution in [0.5, 0.6) is 0 Å². The second kappa shape index (κ2) is 7.94. The topological polar surface area (TPSA) is 45.2 Å². The van der Waals surface area contributed by atoms with E-state index < -0.39 is 0 Å². The number of halogens is 3. The van der Waals surface area contributed by atoms with Gasteiger partial charge in [0.25, 0.3) is 5.91 Å². The standard InChI is InChI=1S/C11H14BrN3O.2ClH/c1-8-5-13-2-3-15(8)11(16)9-4-10(12)7-14-6-9;;/h4,6-8,13H,2-3,5H2,1H3;2*1H/t8-;;/m1../s1. The van der Waals surface area contributed by atoms with E-state index in [0.717, 1.165) is 24.1 Å². The molecule has 0 bridgehead atoms. The third kappa shape index (κ3) is 4.09. The molecular weight excluding hydrogens is 341 g/mol. The summed E-state index contributed by atoms with van der Waals surface area (Å²) in [7, 11) is 0. The lowest BCUT2D eigenvalue weighted by Crippen LogP contribution is -2.52. The molecule has 0 unspecified atom stereocenters. The molecule has 2 heterocycles. The zero-order valence-corrected chi connectivity index (χ0v) is 13.1. The number of aromatic nitrogens is 1. The molecule has 1 saturated heterocycles. The number of nitrogens with zero attached hydrogens (tertiary/aromatic N) is 2. The lowest BCUT2D eigenvalue weighted by Gasteiger charge is -2.33. The zero-order chi connectivity index (χ0) is 11.5. The normalized spacial score (nSPS) is 18.6. The van der Waals surface area contributed by atoms with Crippen molar-refractivity contribution in [1.82, 2.24) is 15.2 Å². The van der Waals surface area contributed by atoms with Crippen molar-refractivity contribution in [3.8, 4) is 0 Å². The highest BCUT2D eigenvalue weighted by molar-refractivity contribution is 9.10. The molecule has 0 aliphatic carbocycles. The molecule has 0 radical (unpaired) electrons. The largest absolute Gasteiger partial charge is 0.333 e. The maximum Gasteiger partial charge on any atom is 0.255 e. The van der Waals surface area contributed by atoms with Gasteiger partial charge in [-0.2, -0.15) is 0 Å². The van der Waals surface area contributed by atoms with Gasteiger partial charge in [-0.3, -0.25) is 9.78 Å². The van der Waals surface area contributed by atoms with E-state index in [0.29, 0.717) is 5.56 Å². The Hall–Kier alpha value is -0.360. The molecule has 18 heavy (non-hydrogen) atoms.